The molecule has 2 fully saturated rings. The maximum absolute atomic E-state index is 12.8. The third-order valence-electron chi connectivity index (χ3n) is 5.64. The summed E-state index contributed by atoms with van der Waals surface area (Å²) in [7, 11) is -4.11. The van der Waals surface area contributed by atoms with Gasteiger partial charge in [-0.25, -0.2) is 4.79 Å². The Morgan fingerprint density at radius 2 is 1.79 bits per heavy atom. The number of rotatable bonds is 7. The van der Waals surface area contributed by atoms with Gasteiger partial charge in [0.15, 0.2) is 5.79 Å². The Morgan fingerprint density at radius 3 is 2.38 bits per heavy atom. The number of nitrogens with zero attached hydrogens (tertiary/aromatic N) is 1. The molecule has 2 aliphatic heterocycles. The zero-order valence-electron chi connectivity index (χ0n) is 20.4. The molecular weight excluding hydrogens is 466 g/mol. The van der Waals surface area contributed by atoms with Gasteiger partial charge in [-0.1, -0.05) is 17.7 Å². The van der Waals surface area contributed by atoms with Gasteiger partial charge in [0.25, 0.3) is 10.1 Å². The number of hydrogen-bond donors (Lipinski definition) is 2. The Balaban J connectivity index is 1.67. The zero-order valence-corrected chi connectivity index (χ0v) is 21.2. The van der Waals surface area contributed by atoms with Gasteiger partial charge >= 0.3 is 6.09 Å². The third-order valence-corrected chi connectivity index (χ3v) is 6.93. The Hall–Kier alpha value is -1.76. The molecule has 10 nitrogen and oxygen atoms in total. The van der Waals surface area contributed by atoms with E-state index in [0.717, 1.165) is 5.56 Å². The Bertz CT molecular complexity index is 971. The van der Waals surface area contributed by atoms with Gasteiger partial charge in [0, 0.05) is 0 Å². The number of benzene rings is 1. The predicted molar refractivity (Wildman–Crippen MR) is 122 cm³/mol. The maximum atomic E-state index is 12.8. The van der Waals surface area contributed by atoms with Crippen LogP contribution in [0.5, 0.6) is 0 Å². The molecule has 0 bridgehead atoms. The largest absolute Gasteiger partial charge is 0.444 e. The average molecular weight is 502 g/mol. The first-order chi connectivity index (χ1) is 15.6. The Morgan fingerprint density at radius 1 is 1.18 bits per heavy atom. The average Bonchev–Trinajstić information content (AvgIpc) is 3.17. The van der Waals surface area contributed by atoms with Crippen LogP contribution in [0, 0.1) is 6.92 Å². The molecule has 0 radical (unpaired) electrons. The molecule has 2 saturated heterocycles. The van der Waals surface area contributed by atoms with E-state index in [2.05, 4.69) is 0 Å². The van der Waals surface area contributed by atoms with Crippen LogP contribution in [-0.2, 0) is 28.5 Å². The van der Waals surface area contributed by atoms with Crippen molar-refractivity contribution in [3.8, 4) is 0 Å². The summed E-state index contributed by atoms with van der Waals surface area (Å²) >= 11 is 0. The lowest BCUT2D eigenvalue weighted by Gasteiger charge is -2.33. The SMILES string of the molecule is Cc1ccc(S(=O)(=O)OC[C@H](O)[C@@H](O)C[C@H]2[C@H]3OC(C)(C)O[C@H]3CN2C(=O)OC(C)(C)C)cc1. The van der Waals surface area contributed by atoms with E-state index in [9.17, 15) is 23.4 Å². The van der Waals surface area contributed by atoms with Crippen molar-refractivity contribution in [3.05, 3.63) is 29.8 Å². The number of carbonyl (C=O) groups is 1. The van der Waals surface area contributed by atoms with Gasteiger partial charge in [-0.3, -0.25) is 9.08 Å². The number of likely N-dealkylation sites (tertiary alicyclic amines) is 1. The molecule has 3 rings (SSSR count). The summed E-state index contributed by atoms with van der Waals surface area (Å²) in [5.41, 5.74) is 0.163. The van der Waals surface area contributed by atoms with E-state index in [-0.39, 0.29) is 17.9 Å². The Labute approximate surface area is 200 Å². The molecule has 1 aromatic rings. The number of aliphatic hydroxyl groups excluding tert-OH is 2. The number of amides is 1. The van der Waals surface area contributed by atoms with E-state index >= 15 is 0 Å². The summed E-state index contributed by atoms with van der Waals surface area (Å²) in [5.74, 6) is -0.859. The lowest BCUT2D eigenvalue weighted by Crippen LogP contribution is -2.47. The number of hydrogen-bond acceptors (Lipinski definition) is 9. The molecule has 0 aromatic heterocycles. The minimum Gasteiger partial charge on any atom is -0.444 e. The van der Waals surface area contributed by atoms with Crippen LogP contribution in [-0.4, -0.2) is 84.6 Å². The predicted octanol–water partition coefficient (Wildman–Crippen LogP) is 1.95. The smallest absolute Gasteiger partial charge is 0.410 e. The molecule has 1 amide bonds. The fraction of sp³-hybridized carbons (Fsp3) is 0.696. The first-order valence-corrected chi connectivity index (χ1v) is 12.7. The van der Waals surface area contributed by atoms with E-state index in [4.69, 9.17) is 18.4 Å². The van der Waals surface area contributed by atoms with Gasteiger partial charge in [0.05, 0.1) is 30.2 Å². The van der Waals surface area contributed by atoms with Crippen LogP contribution in [0.3, 0.4) is 0 Å². The second kappa shape index (κ2) is 9.71. The second-order valence-corrected chi connectivity index (χ2v) is 11.9. The van der Waals surface area contributed by atoms with Crippen molar-refractivity contribution < 1.29 is 41.8 Å². The Kier molecular flexibility index (Phi) is 7.66. The molecule has 5 atom stereocenters. The molecular formula is C23H35NO9S. The monoisotopic (exact) mass is 501 g/mol. The van der Waals surface area contributed by atoms with Crippen LogP contribution in [0.15, 0.2) is 29.2 Å². The van der Waals surface area contributed by atoms with Gasteiger partial charge < -0.3 is 24.4 Å². The molecule has 2 N–H and O–H groups in total. The molecule has 2 aliphatic rings. The summed E-state index contributed by atoms with van der Waals surface area (Å²) < 4.78 is 47.1. The van der Waals surface area contributed by atoms with Gasteiger partial charge in [-0.15, -0.1) is 0 Å². The van der Waals surface area contributed by atoms with Crippen molar-refractivity contribution in [3.63, 3.8) is 0 Å². The lowest BCUT2D eigenvalue weighted by molar-refractivity contribution is -0.163. The molecule has 2 heterocycles. The molecule has 1 aromatic carbocycles. The first kappa shape index (κ1) is 26.8. The number of carbonyl (C=O) groups excluding carboxylic acids is 1. The maximum Gasteiger partial charge on any atom is 0.410 e. The highest BCUT2D eigenvalue weighted by molar-refractivity contribution is 7.86. The molecule has 0 aliphatic carbocycles. The van der Waals surface area contributed by atoms with Gasteiger partial charge in [-0.2, -0.15) is 8.42 Å². The lowest BCUT2D eigenvalue weighted by atomic mass is 10.0. The van der Waals surface area contributed by atoms with E-state index < -0.39 is 64.7 Å². The normalized spacial score (nSPS) is 26.2. The van der Waals surface area contributed by atoms with Crippen LogP contribution in [0.4, 0.5) is 4.79 Å². The van der Waals surface area contributed by atoms with E-state index in [1.54, 1.807) is 46.8 Å². The molecule has 0 unspecified atom stereocenters. The molecule has 192 valence electrons. The van der Waals surface area contributed by atoms with Crippen molar-refractivity contribution >= 4 is 16.2 Å². The first-order valence-electron chi connectivity index (χ1n) is 11.3. The number of aliphatic hydroxyl groups is 2. The summed E-state index contributed by atoms with van der Waals surface area (Å²) in [6.45, 7) is 10.1. The minimum absolute atomic E-state index is 0.0479. The third kappa shape index (κ3) is 6.46. The van der Waals surface area contributed by atoms with Crippen LogP contribution in [0.2, 0.25) is 0 Å². The number of ether oxygens (including phenoxy) is 3. The van der Waals surface area contributed by atoms with Crippen molar-refractivity contribution in [1.29, 1.82) is 0 Å². The van der Waals surface area contributed by atoms with Crippen molar-refractivity contribution in [1.82, 2.24) is 4.90 Å². The van der Waals surface area contributed by atoms with Gasteiger partial charge in [0.1, 0.15) is 23.9 Å². The highest BCUT2D eigenvalue weighted by Gasteiger charge is 2.55. The number of fused-ring (bicyclic) bond motifs is 1. The summed E-state index contributed by atoms with van der Waals surface area (Å²) in [6.07, 6.45) is -4.55. The highest BCUT2D eigenvalue weighted by Crippen LogP contribution is 2.39. The summed E-state index contributed by atoms with van der Waals surface area (Å²) in [5, 5.41) is 21.1. The molecule has 0 saturated carbocycles. The van der Waals surface area contributed by atoms with Crippen molar-refractivity contribution in [2.24, 2.45) is 0 Å². The van der Waals surface area contributed by atoms with E-state index in [1.807, 2.05) is 6.92 Å². The zero-order chi connectivity index (χ0) is 25.5. The molecule has 34 heavy (non-hydrogen) atoms. The highest BCUT2D eigenvalue weighted by atomic mass is 32.2. The van der Waals surface area contributed by atoms with Crippen LogP contribution >= 0.6 is 0 Å². The quantitative estimate of drug-likeness (QED) is 0.538. The summed E-state index contributed by atoms with van der Waals surface area (Å²) in [4.78, 5) is 14.2. The van der Waals surface area contributed by atoms with E-state index in [1.165, 1.54) is 17.0 Å². The fourth-order valence-corrected chi connectivity index (χ4v) is 5.00. The van der Waals surface area contributed by atoms with Crippen LogP contribution in [0.25, 0.3) is 0 Å². The van der Waals surface area contributed by atoms with Crippen LogP contribution < -0.4 is 0 Å². The molecule has 0 spiro atoms. The van der Waals surface area contributed by atoms with Gasteiger partial charge in [0.2, 0.25) is 0 Å². The fourth-order valence-electron chi connectivity index (χ4n) is 4.08. The molecule has 11 heteroatoms. The van der Waals surface area contributed by atoms with Gasteiger partial charge in [-0.05, 0) is 60.1 Å². The minimum atomic E-state index is -4.11. The van der Waals surface area contributed by atoms with Crippen molar-refractivity contribution in [2.75, 3.05) is 13.2 Å². The topological polar surface area (TPSA) is 132 Å². The standard InChI is InChI=1S/C23H35NO9S/c1-14-7-9-15(10-8-14)34(28,29)30-13-18(26)17(25)11-16-20-19(31-23(5,6)32-20)12-24(16)21(27)33-22(2,3)4/h7-10,16-20,25-26H,11-13H2,1-6H3/t16-,17-,18-,19-,20+/m0/s1. The van der Waals surface area contributed by atoms with Crippen LogP contribution in [0.1, 0.15) is 46.6 Å². The van der Waals surface area contributed by atoms with Crippen molar-refractivity contribution in [2.45, 2.75) is 94.7 Å². The summed E-state index contributed by atoms with van der Waals surface area (Å²) in [6, 6.07) is 5.43. The number of aryl methyl sites for hydroxylation is 1. The second-order valence-electron chi connectivity index (χ2n) is 10.3. The van der Waals surface area contributed by atoms with E-state index in [0.29, 0.717) is 0 Å².